The van der Waals surface area contributed by atoms with Crippen molar-refractivity contribution in [2.75, 3.05) is 60.0 Å². The van der Waals surface area contributed by atoms with Gasteiger partial charge in [0.1, 0.15) is 0 Å². The maximum Gasteiger partial charge on any atom is 0.0587 e. The second-order valence-electron chi connectivity index (χ2n) is 6.92. The van der Waals surface area contributed by atoms with Gasteiger partial charge >= 0.3 is 0 Å². The highest BCUT2D eigenvalue weighted by molar-refractivity contribution is 4.79. The van der Waals surface area contributed by atoms with Crippen molar-refractivity contribution in [3.05, 3.63) is 0 Å². The predicted molar refractivity (Wildman–Crippen MR) is 88.8 cm³/mol. The summed E-state index contributed by atoms with van der Waals surface area (Å²) in [6.07, 6.45) is 8.36. The molecular formula is C17H35N3O. The first-order valence-corrected chi connectivity index (χ1v) is 8.92. The van der Waals surface area contributed by atoms with Gasteiger partial charge in [0.05, 0.1) is 6.61 Å². The monoisotopic (exact) mass is 297 g/mol. The van der Waals surface area contributed by atoms with E-state index >= 15 is 0 Å². The minimum atomic E-state index is 0.824. The van der Waals surface area contributed by atoms with Crippen LogP contribution in [0.5, 0.6) is 0 Å². The topological polar surface area (TPSA) is 27.7 Å². The Labute approximate surface area is 131 Å². The highest BCUT2D eigenvalue weighted by atomic mass is 16.5. The number of rotatable bonds is 8. The number of methoxy groups -OCH3 is 1. The van der Waals surface area contributed by atoms with Gasteiger partial charge in [-0.15, -0.1) is 0 Å². The molecule has 0 radical (unpaired) electrons. The van der Waals surface area contributed by atoms with Crippen LogP contribution in [0.1, 0.15) is 38.5 Å². The molecule has 21 heavy (non-hydrogen) atoms. The van der Waals surface area contributed by atoms with Crippen LogP contribution in [0, 0.1) is 5.92 Å². The predicted octanol–water partition coefficient (Wildman–Crippen LogP) is 1.81. The molecule has 1 N–H and O–H groups in total. The lowest BCUT2D eigenvalue weighted by molar-refractivity contribution is 0.127. The zero-order chi connectivity index (χ0) is 14.9. The third-order valence-electron chi connectivity index (χ3n) is 5.22. The molecule has 2 rings (SSSR count). The Morgan fingerprint density at radius 2 is 2.05 bits per heavy atom. The summed E-state index contributed by atoms with van der Waals surface area (Å²) < 4.78 is 5.09. The molecule has 0 amide bonds. The zero-order valence-electron chi connectivity index (χ0n) is 14.1. The quantitative estimate of drug-likeness (QED) is 0.692. The van der Waals surface area contributed by atoms with Gasteiger partial charge in [-0.25, -0.2) is 0 Å². The average molecular weight is 297 g/mol. The number of nitrogens with one attached hydrogen (secondary N) is 1. The maximum absolute atomic E-state index is 5.09. The third-order valence-corrected chi connectivity index (χ3v) is 5.22. The minimum absolute atomic E-state index is 0.824. The van der Waals surface area contributed by atoms with E-state index in [9.17, 15) is 0 Å². The van der Waals surface area contributed by atoms with Gasteiger partial charge in [-0.1, -0.05) is 6.42 Å². The Morgan fingerprint density at radius 1 is 1.14 bits per heavy atom. The molecule has 0 aliphatic carbocycles. The van der Waals surface area contributed by atoms with E-state index in [1.807, 2.05) is 0 Å². The van der Waals surface area contributed by atoms with Gasteiger partial charge in [0.2, 0.25) is 0 Å². The van der Waals surface area contributed by atoms with Gasteiger partial charge in [0, 0.05) is 26.2 Å². The van der Waals surface area contributed by atoms with E-state index in [1.54, 1.807) is 7.11 Å². The van der Waals surface area contributed by atoms with Crippen molar-refractivity contribution < 1.29 is 4.74 Å². The Morgan fingerprint density at radius 3 is 2.86 bits per heavy atom. The van der Waals surface area contributed by atoms with E-state index in [-0.39, 0.29) is 0 Å². The normalized spacial score (nSPS) is 28.9. The van der Waals surface area contributed by atoms with Crippen LogP contribution in [0.3, 0.4) is 0 Å². The van der Waals surface area contributed by atoms with Gasteiger partial charge in [-0.2, -0.15) is 0 Å². The number of likely N-dealkylation sites (tertiary alicyclic amines) is 2. The third kappa shape index (κ3) is 6.23. The lowest BCUT2D eigenvalue weighted by atomic mass is 9.96. The molecule has 2 atom stereocenters. The molecule has 0 aromatic heterocycles. The molecule has 2 unspecified atom stereocenters. The standard InChI is InChI=1S/C17H35N3O/c1-19-10-4-3-7-17(19)8-12-20-11-5-6-16(15-20)14-18-9-13-21-2/h16-18H,3-15H2,1-2H3. The zero-order valence-corrected chi connectivity index (χ0v) is 14.1. The van der Waals surface area contributed by atoms with Crippen LogP contribution in [-0.4, -0.2) is 75.9 Å². The van der Waals surface area contributed by atoms with E-state index in [2.05, 4.69) is 22.2 Å². The highest BCUT2D eigenvalue weighted by Gasteiger charge is 2.23. The molecule has 2 fully saturated rings. The van der Waals surface area contributed by atoms with E-state index in [0.717, 1.165) is 31.7 Å². The summed E-state index contributed by atoms with van der Waals surface area (Å²) in [4.78, 5) is 5.28. The Hall–Kier alpha value is -0.160. The van der Waals surface area contributed by atoms with Crippen molar-refractivity contribution >= 4 is 0 Å². The van der Waals surface area contributed by atoms with Crippen LogP contribution in [0.4, 0.5) is 0 Å². The maximum atomic E-state index is 5.09. The molecule has 0 aromatic rings. The molecule has 2 aliphatic heterocycles. The molecule has 0 bridgehead atoms. The van der Waals surface area contributed by atoms with Gasteiger partial charge in [-0.3, -0.25) is 0 Å². The smallest absolute Gasteiger partial charge is 0.0587 e. The summed E-state index contributed by atoms with van der Waals surface area (Å²) in [7, 11) is 4.08. The summed E-state index contributed by atoms with van der Waals surface area (Å²) in [5, 5.41) is 3.53. The Bertz CT molecular complexity index is 275. The average Bonchev–Trinajstić information content (AvgIpc) is 2.51. The lowest BCUT2D eigenvalue weighted by Crippen LogP contribution is -2.43. The van der Waals surface area contributed by atoms with Gasteiger partial charge in [0.15, 0.2) is 0 Å². The Balaban J connectivity index is 1.61. The van der Waals surface area contributed by atoms with Gasteiger partial charge in [-0.05, 0) is 71.2 Å². The van der Waals surface area contributed by atoms with Crippen LogP contribution in [0.2, 0.25) is 0 Å². The first-order chi connectivity index (χ1) is 10.3. The van der Waals surface area contributed by atoms with Crippen molar-refractivity contribution in [1.82, 2.24) is 15.1 Å². The molecule has 2 aliphatic rings. The number of hydrogen-bond acceptors (Lipinski definition) is 4. The molecular weight excluding hydrogens is 262 g/mol. The molecule has 0 saturated carbocycles. The second-order valence-corrected chi connectivity index (χ2v) is 6.92. The molecule has 0 aromatic carbocycles. The van der Waals surface area contributed by atoms with E-state index in [0.29, 0.717) is 0 Å². The molecule has 4 heteroatoms. The summed E-state index contributed by atoms with van der Waals surface area (Å²) in [5.41, 5.74) is 0. The van der Waals surface area contributed by atoms with Crippen molar-refractivity contribution in [2.45, 2.75) is 44.6 Å². The first kappa shape index (κ1) is 17.2. The van der Waals surface area contributed by atoms with Crippen LogP contribution in [0.25, 0.3) is 0 Å². The fourth-order valence-corrected chi connectivity index (χ4v) is 3.84. The molecule has 2 heterocycles. The van der Waals surface area contributed by atoms with E-state index < -0.39 is 0 Å². The fourth-order valence-electron chi connectivity index (χ4n) is 3.84. The van der Waals surface area contributed by atoms with E-state index in [4.69, 9.17) is 4.74 Å². The van der Waals surface area contributed by atoms with Crippen LogP contribution in [-0.2, 0) is 4.74 Å². The van der Waals surface area contributed by atoms with Crippen LogP contribution in [0.15, 0.2) is 0 Å². The first-order valence-electron chi connectivity index (χ1n) is 8.92. The number of ether oxygens (including phenoxy) is 1. The molecule has 4 nitrogen and oxygen atoms in total. The molecule has 124 valence electrons. The van der Waals surface area contributed by atoms with Crippen LogP contribution < -0.4 is 5.32 Å². The highest BCUT2D eigenvalue weighted by Crippen LogP contribution is 2.20. The van der Waals surface area contributed by atoms with Crippen molar-refractivity contribution in [3.63, 3.8) is 0 Å². The number of nitrogens with zero attached hydrogens (tertiary/aromatic N) is 2. The number of piperidine rings is 2. The second kappa shape index (κ2) is 9.78. The van der Waals surface area contributed by atoms with Gasteiger partial charge in [0.25, 0.3) is 0 Å². The summed E-state index contributed by atoms with van der Waals surface area (Å²) >= 11 is 0. The number of hydrogen-bond donors (Lipinski definition) is 1. The minimum Gasteiger partial charge on any atom is -0.383 e. The van der Waals surface area contributed by atoms with Crippen molar-refractivity contribution in [3.8, 4) is 0 Å². The lowest BCUT2D eigenvalue weighted by Gasteiger charge is -2.37. The van der Waals surface area contributed by atoms with Crippen molar-refractivity contribution in [1.29, 1.82) is 0 Å². The van der Waals surface area contributed by atoms with Crippen LogP contribution >= 0.6 is 0 Å². The Kier molecular flexibility index (Phi) is 8.01. The summed E-state index contributed by atoms with van der Waals surface area (Å²) in [5.74, 6) is 0.833. The van der Waals surface area contributed by atoms with E-state index in [1.165, 1.54) is 64.7 Å². The molecule has 0 spiro atoms. The largest absolute Gasteiger partial charge is 0.383 e. The summed E-state index contributed by atoms with van der Waals surface area (Å²) in [6, 6.07) is 0.832. The van der Waals surface area contributed by atoms with Crippen molar-refractivity contribution in [2.24, 2.45) is 5.92 Å². The van der Waals surface area contributed by atoms with Gasteiger partial charge < -0.3 is 19.9 Å². The summed E-state index contributed by atoms with van der Waals surface area (Å²) in [6.45, 7) is 8.16. The SMILES string of the molecule is COCCNCC1CCCN(CCC2CCCCN2C)C1. The molecule has 2 saturated heterocycles. The fraction of sp³-hybridized carbons (Fsp3) is 1.00.